The minimum absolute atomic E-state index is 0.179. The summed E-state index contributed by atoms with van der Waals surface area (Å²) in [5, 5.41) is 49.1. The molecule has 0 amide bonds. The van der Waals surface area contributed by atoms with Gasteiger partial charge in [0.15, 0.2) is 0 Å². The third-order valence-electron chi connectivity index (χ3n) is 4.60. The van der Waals surface area contributed by atoms with E-state index in [1.54, 1.807) is 42.5 Å². The molecule has 0 bridgehead atoms. The van der Waals surface area contributed by atoms with Crippen LogP contribution in [0.1, 0.15) is 22.8 Å². The lowest BCUT2D eigenvalue weighted by Gasteiger charge is -2.19. The first-order chi connectivity index (χ1) is 12.4. The average Bonchev–Trinajstić information content (AvgIpc) is 2.93. The van der Waals surface area contributed by atoms with Crippen LogP contribution in [0.3, 0.4) is 0 Å². The maximum absolute atomic E-state index is 10.3. The van der Waals surface area contributed by atoms with E-state index in [4.69, 9.17) is 21.4 Å². The van der Waals surface area contributed by atoms with Crippen LogP contribution in [-0.2, 0) is 11.2 Å². The minimum Gasteiger partial charge on any atom is -0.508 e. The van der Waals surface area contributed by atoms with E-state index in [9.17, 15) is 20.4 Å². The first-order valence-corrected chi connectivity index (χ1v) is 8.65. The molecule has 1 fully saturated rings. The molecule has 5 atom stereocenters. The zero-order valence-electron chi connectivity index (χ0n) is 13.9. The monoisotopic (exact) mass is 380 g/mol. The summed E-state index contributed by atoms with van der Waals surface area (Å²) in [6.45, 7) is -0.576. The van der Waals surface area contributed by atoms with E-state index in [1.165, 1.54) is 0 Å². The summed E-state index contributed by atoms with van der Waals surface area (Å²) in [5.74, 6) is 0.179. The topological polar surface area (TPSA) is 110 Å². The molecule has 140 valence electrons. The Hall–Kier alpha value is -1.67. The summed E-state index contributed by atoms with van der Waals surface area (Å²) in [5.41, 5.74) is 2.36. The number of aliphatic hydroxyl groups excluding tert-OH is 4. The lowest BCUT2D eigenvalue weighted by Crippen LogP contribution is -2.40. The number of hydrogen-bond acceptors (Lipinski definition) is 6. The van der Waals surface area contributed by atoms with Crippen LogP contribution in [0.15, 0.2) is 42.5 Å². The van der Waals surface area contributed by atoms with Gasteiger partial charge < -0.3 is 30.3 Å². The Labute approximate surface area is 155 Å². The first kappa shape index (κ1) is 19.1. The van der Waals surface area contributed by atoms with Gasteiger partial charge in [0.25, 0.3) is 0 Å². The van der Waals surface area contributed by atoms with Crippen LogP contribution in [0.4, 0.5) is 0 Å². The molecule has 0 unspecified atom stereocenters. The van der Waals surface area contributed by atoms with Gasteiger partial charge in [0.1, 0.15) is 36.3 Å². The quantitative estimate of drug-likeness (QED) is 0.532. The van der Waals surface area contributed by atoms with Gasteiger partial charge in [0, 0.05) is 5.02 Å². The molecule has 26 heavy (non-hydrogen) atoms. The van der Waals surface area contributed by atoms with Gasteiger partial charge in [-0.15, -0.1) is 0 Å². The average molecular weight is 381 g/mol. The second-order valence-corrected chi connectivity index (χ2v) is 6.85. The van der Waals surface area contributed by atoms with E-state index in [0.717, 1.165) is 11.1 Å². The number of halogens is 1. The Morgan fingerprint density at radius 3 is 2.38 bits per heavy atom. The highest BCUT2D eigenvalue weighted by molar-refractivity contribution is 6.31. The van der Waals surface area contributed by atoms with Crippen molar-refractivity contribution in [2.45, 2.75) is 36.9 Å². The summed E-state index contributed by atoms with van der Waals surface area (Å²) in [6.07, 6.45) is -5.22. The number of aliphatic hydroxyl groups is 4. The molecule has 1 saturated heterocycles. The summed E-state index contributed by atoms with van der Waals surface area (Å²) in [4.78, 5) is 0. The van der Waals surface area contributed by atoms with Crippen molar-refractivity contribution < 1.29 is 30.3 Å². The summed E-state index contributed by atoms with van der Waals surface area (Å²) < 4.78 is 5.60. The third kappa shape index (κ3) is 3.86. The number of rotatable bonds is 5. The van der Waals surface area contributed by atoms with E-state index >= 15 is 0 Å². The molecule has 2 aromatic carbocycles. The molecule has 0 radical (unpaired) electrons. The predicted molar refractivity (Wildman–Crippen MR) is 95.1 cm³/mol. The molecule has 6 nitrogen and oxygen atoms in total. The lowest BCUT2D eigenvalue weighted by atomic mass is 9.96. The Bertz CT molecular complexity index is 750. The normalized spacial score (nSPS) is 26.8. The Morgan fingerprint density at radius 2 is 1.73 bits per heavy atom. The van der Waals surface area contributed by atoms with Gasteiger partial charge in [-0.2, -0.15) is 0 Å². The summed E-state index contributed by atoms with van der Waals surface area (Å²) in [7, 11) is 0. The Balaban J connectivity index is 1.84. The lowest BCUT2D eigenvalue weighted by molar-refractivity contribution is -0.0820. The van der Waals surface area contributed by atoms with Crippen LogP contribution < -0.4 is 0 Å². The number of phenolic OH excluding ortho intramolecular Hbond substituents is 1. The molecule has 2 aromatic rings. The molecule has 1 heterocycles. The third-order valence-corrected chi connectivity index (χ3v) is 4.96. The van der Waals surface area contributed by atoms with Gasteiger partial charge in [-0.3, -0.25) is 0 Å². The second-order valence-electron chi connectivity index (χ2n) is 6.45. The zero-order chi connectivity index (χ0) is 18.8. The minimum atomic E-state index is -1.31. The molecule has 1 aliphatic rings. The van der Waals surface area contributed by atoms with Crippen LogP contribution >= 0.6 is 11.6 Å². The highest BCUT2D eigenvalue weighted by Crippen LogP contribution is 2.36. The van der Waals surface area contributed by atoms with Crippen LogP contribution in [-0.4, -0.2) is 56.6 Å². The van der Waals surface area contributed by atoms with Gasteiger partial charge in [0.05, 0.1) is 6.61 Å². The fourth-order valence-corrected chi connectivity index (χ4v) is 3.33. The zero-order valence-corrected chi connectivity index (χ0v) is 14.6. The van der Waals surface area contributed by atoms with E-state index in [-0.39, 0.29) is 5.75 Å². The van der Waals surface area contributed by atoms with Crippen molar-refractivity contribution in [3.8, 4) is 5.75 Å². The largest absolute Gasteiger partial charge is 0.508 e. The van der Waals surface area contributed by atoms with Gasteiger partial charge in [0.2, 0.25) is 0 Å². The van der Waals surface area contributed by atoms with Crippen LogP contribution in [0.25, 0.3) is 0 Å². The Morgan fingerprint density at radius 1 is 1.04 bits per heavy atom. The summed E-state index contributed by atoms with van der Waals surface area (Å²) >= 11 is 6.28. The molecule has 5 N–H and O–H groups in total. The van der Waals surface area contributed by atoms with E-state index in [0.29, 0.717) is 17.0 Å². The molecule has 0 aliphatic carbocycles. The number of hydrogen-bond donors (Lipinski definition) is 5. The molecule has 0 saturated carbocycles. The molecular weight excluding hydrogens is 360 g/mol. The number of benzene rings is 2. The fourth-order valence-electron chi connectivity index (χ4n) is 3.14. The molecule has 0 aromatic heterocycles. The van der Waals surface area contributed by atoms with E-state index in [2.05, 4.69) is 0 Å². The van der Waals surface area contributed by atoms with Crippen molar-refractivity contribution in [1.82, 2.24) is 0 Å². The fraction of sp³-hybridized carbons (Fsp3) is 0.368. The predicted octanol–water partition coefficient (Wildman–Crippen LogP) is 1.15. The van der Waals surface area contributed by atoms with Crippen LogP contribution in [0.5, 0.6) is 5.75 Å². The highest BCUT2D eigenvalue weighted by atomic mass is 35.5. The van der Waals surface area contributed by atoms with Gasteiger partial charge >= 0.3 is 0 Å². The standard InChI is InChI=1S/C19H21ClO6/c20-14-6-3-11(8-12(14)7-10-1-4-13(22)5-2-10)18-16(24)17(25)19(26-18)15(23)9-21/h1-6,8,15-19,21-25H,7,9H2/t15-,16-,17-,18+,19-/m1/s1. The number of ether oxygens (including phenoxy) is 1. The van der Waals surface area contributed by atoms with Gasteiger partial charge in [-0.25, -0.2) is 0 Å². The molecule has 1 aliphatic heterocycles. The van der Waals surface area contributed by atoms with Gasteiger partial charge in [-0.05, 0) is 41.3 Å². The van der Waals surface area contributed by atoms with Crippen LogP contribution in [0.2, 0.25) is 5.02 Å². The Kier molecular flexibility index (Phi) is 5.82. The number of aromatic hydroxyl groups is 1. The van der Waals surface area contributed by atoms with E-state index in [1.807, 2.05) is 0 Å². The first-order valence-electron chi connectivity index (χ1n) is 8.27. The molecule has 7 heteroatoms. The molecular formula is C19H21ClO6. The van der Waals surface area contributed by atoms with Gasteiger partial charge in [-0.1, -0.05) is 35.9 Å². The molecule has 3 rings (SSSR count). The SMILES string of the molecule is OC[C@@H](O)[C@H]1O[C@@H](c2ccc(Cl)c(Cc3ccc(O)cc3)c2)[C@H](O)[C@H]1O. The van der Waals surface area contributed by atoms with Crippen LogP contribution in [0, 0.1) is 0 Å². The second kappa shape index (κ2) is 7.92. The summed E-state index contributed by atoms with van der Waals surface area (Å²) in [6, 6.07) is 11.9. The molecule has 0 spiro atoms. The smallest absolute Gasteiger partial charge is 0.115 e. The van der Waals surface area contributed by atoms with Crippen molar-refractivity contribution >= 4 is 11.6 Å². The van der Waals surface area contributed by atoms with Crippen molar-refractivity contribution in [2.75, 3.05) is 6.61 Å². The maximum atomic E-state index is 10.3. The van der Waals surface area contributed by atoms with E-state index < -0.39 is 37.1 Å². The van der Waals surface area contributed by atoms with Crippen molar-refractivity contribution in [3.05, 3.63) is 64.2 Å². The van der Waals surface area contributed by atoms with Crippen molar-refractivity contribution in [1.29, 1.82) is 0 Å². The highest BCUT2D eigenvalue weighted by Gasteiger charge is 2.46. The number of phenols is 1. The van der Waals surface area contributed by atoms with Crippen molar-refractivity contribution in [2.24, 2.45) is 0 Å². The maximum Gasteiger partial charge on any atom is 0.115 e. The van der Waals surface area contributed by atoms with Crippen molar-refractivity contribution in [3.63, 3.8) is 0 Å².